The quantitative estimate of drug-likeness (QED) is 0.584. The van der Waals surface area contributed by atoms with E-state index in [0.717, 1.165) is 19.3 Å². The van der Waals surface area contributed by atoms with Crippen LogP contribution in [0, 0.1) is 0 Å². The molecule has 0 bridgehead atoms. The summed E-state index contributed by atoms with van der Waals surface area (Å²) < 4.78 is 4.80. The van der Waals surface area contributed by atoms with Crippen molar-refractivity contribution in [1.29, 1.82) is 0 Å². The largest absolute Gasteiger partial charge is 0.480 e. The SMILES string of the molecule is CCCCC(C)NC(=O)NC(CCOC)C(=O)O. The number of carbonyl (C=O) groups is 2. The van der Waals surface area contributed by atoms with E-state index in [1.807, 2.05) is 6.92 Å². The minimum absolute atomic E-state index is 0.0434. The second-order valence-electron chi connectivity index (χ2n) is 4.33. The molecule has 6 nitrogen and oxygen atoms in total. The maximum absolute atomic E-state index is 11.6. The molecular weight excluding hydrogens is 236 g/mol. The zero-order chi connectivity index (χ0) is 14.0. The molecule has 2 amide bonds. The molecule has 2 unspecified atom stereocenters. The molecular formula is C12H24N2O4. The minimum Gasteiger partial charge on any atom is -0.480 e. The van der Waals surface area contributed by atoms with Crippen molar-refractivity contribution >= 4 is 12.0 Å². The molecule has 0 saturated heterocycles. The summed E-state index contributed by atoms with van der Waals surface area (Å²) in [5.74, 6) is -1.05. The molecule has 6 heteroatoms. The summed E-state index contributed by atoms with van der Waals surface area (Å²) in [5.41, 5.74) is 0. The van der Waals surface area contributed by atoms with E-state index in [0.29, 0.717) is 6.61 Å². The van der Waals surface area contributed by atoms with Crippen molar-refractivity contribution in [1.82, 2.24) is 10.6 Å². The molecule has 0 radical (unpaired) electrons. The van der Waals surface area contributed by atoms with E-state index >= 15 is 0 Å². The average molecular weight is 260 g/mol. The molecule has 0 heterocycles. The average Bonchev–Trinajstić information content (AvgIpc) is 2.31. The highest BCUT2D eigenvalue weighted by molar-refractivity contribution is 5.82. The minimum atomic E-state index is -1.05. The van der Waals surface area contributed by atoms with Crippen LogP contribution in [0.25, 0.3) is 0 Å². The van der Waals surface area contributed by atoms with E-state index < -0.39 is 18.0 Å². The van der Waals surface area contributed by atoms with Gasteiger partial charge in [0.1, 0.15) is 6.04 Å². The predicted molar refractivity (Wildman–Crippen MR) is 68.6 cm³/mol. The van der Waals surface area contributed by atoms with Crippen LogP contribution in [0.4, 0.5) is 4.79 Å². The number of ether oxygens (including phenoxy) is 1. The summed E-state index contributed by atoms with van der Waals surface area (Å²) in [6.07, 6.45) is 3.25. The van der Waals surface area contributed by atoms with Crippen LogP contribution in [0.2, 0.25) is 0 Å². The summed E-state index contributed by atoms with van der Waals surface area (Å²) in [5, 5.41) is 14.1. The molecule has 0 aliphatic carbocycles. The first kappa shape index (κ1) is 16.7. The Balaban J connectivity index is 4.04. The van der Waals surface area contributed by atoms with Crippen LogP contribution < -0.4 is 10.6 Å². The number of methoxy groups -OCH3 is 1. The maximum Gasteiger partial charge on any atom is 0.326 e. The van der Waals surface area contributed by atoms with Gasteiger partial charge in [-0.3, -0.25) is 0 Å². The molecule has 0 aromatic rings. The Hall–Kier alpha value is -1.30. The first-order chi connectivity index (χ1) is 8.51. The van der Waals surface area contributed by atoms with Gasteiger partial charge < -0.3 is 20.5 Å². The van der Waals surface area contributed by atoms with Gasteiger partial charge in [-0.25, -0.2) is 9.59 Å². The van der Waals surface area contributed by atoms with Crippen molar-refractivity contribution in [3.05, 3.63) is 0 Å². The normalized spacial score (nSPS) is 13.7. The number of hydrogen-bond donors (Lipinski definition) is 3. The first-order valence-electron chi connectivity index (χ1n) is 6.30. The second-order valence-corrected chi connectivity index (χ2v) is 4.33. The summed E-state index contributed by atoms with van der Waals surface area (Å²) >= 11 is 0. The van der Waals surface area contributed by atoms with Gasteiger partial charge in [0.15, 0.2) is 0 Å². The number of rotatable bonds is 9. The van der Waals surface area contributed by atoms with Crippen LogP contribution in [-0.4, -0.2) is 42.9 Å². The van der Waals surface area contributed by atoms with Gasteiger partial charge in [-0.1, -0.05) is 19.8 Å². The number of nitrogens with one attached hydrogen (secondary N) is 2. The molecule has 0 saturated carbocycles. The summed E-state index contributed by atoms with van der Waals surface area (Å²) in [6, 6.07) is -1.31. The zero-order valence-corrected chi connectivity index (χ0v) is 11.4. The van der Waals surface area contributed by atoms with Gasteiger partial charge >= 0.3 is 12.0 Å². The number of carbonyl (C=O) groups excluding carboxylic acids is 1. The smallest absolute Gasteiger partial charge is 0.326 e. The molecule has 0 fully saturated rings. The van der Waals surface area contributed by atoms with Crippen molar-refractivity contribution in [2.75, 3.05) is 13.7 Å². The summed E-state index contributed by atoms with van der Waals surface area (Å²) in [4.78, 5) is 22.5. The number of unbranched alkanes of at least 4 members (excludes halogenated alkanes) is 1. The molecule has 3 N–H and O–H groups in total. The number of urea groups is 1. The molecule has 0 aromatic heterocycles. The summed E-state index contributed by atoms with van der Waals surface area (Å²) in [6.45, 7) is 4.28. The molecule has 0 aliphatic rings. The fourth-order valence-corrected chi connectivity index (χ4v) is 1.50. The van der Waals surface area contributed by atoms with E-state index in [2.05, 4.69) is 17.6 Å². The van der Waals surface area contributed by atoms with Gasteiger partial charge in [0.2, 0.25) is 0 Å². The lowest BCUT2D eigenvalue weighted by Gasteiger charge is -2.18. The molecule has 0 aromatic carbocycles. The van der Waals surface area contributed by atoms with Crippen LogP contribution in [0.3, 0.4) is 0 Å². The highest BCUT2D eigenvalue weighted by atomic mass is 16.5. The Morgan fingerprint density at radius 3 is 2.44 bits per heavy atom. The standard InChI is InChI=1S/C12H24N2O4/c1-4-5-6-9(2)13-12(17)14-10(11(15)16)7-8-18-3/h9-10H,4-8H2,1-3H3,(H,15,16)(H2,13,14,17). The molecule has 0 spiro atoms. The van der Waals surface area contributed by atoms with Crippen LogP contribution in [0.15, 0.2) is 0 Å². The van der Waals surface area contributed by atoms with Crippen molar-refractivity contribution in [3.63, 3.8) is 0 Å². The van der Waals surface area contributed by atoms with E-state index in [-0.39, 0.29) is 12.5 Å². The number of carboxylic acid groups (broad SMARTS) is 1. The maximum atomic E-state index is 11.6. The Labute approximate surface area is 108 Å². The van der Waals surface area contributed by atoms with Gasteiger partial charge in [-0.2, -0.15) is 0 Å². The zero-order valence-electron chi connectivity index (χ0n) is 11.4. The number of hydrogen-bond acceptors (Lipinski definition) is 3. The monoisotopic (exact) mass is 260 g/mol. The van der Waals surface area contributed by atoms with E-state index in [4.69, 9.17) is 9.84 Å². The van der Waals surface area contributed by atoms with Crippen LogP contribution in [-0.2, 0) is 9.53 Å². The number of aliphatic carboxylic acids is 1. The lowest BCUT2D eigenvalue weighted by atomic mass is 10.1. The molecule has 106 valence electrons. The van der Waals surface area contributed by atoms with Crippen molar-refractivity contribution in [2.45, 2.75) is 51.6 Å². The number of carboxylic acids is 1. The van der Waals surface area contributed by atoms with Crippen molar-refractivity contribution < 1.29 is 19.4 Å². The highest BCUT2D eigenvalue weighted by Gasteiger charge is 2.19. The Kier molecular flexibility index (Phi) is 9.00. The van der Waals surface area contributed by atoms with Crippen LogP contribution in [0.5, 0.6) is 0 Å². The van der Waals surface area contributed by atoms with E-state index in [9.17, 15) is 9.59 Å². The molecule has 0 aliphatic heterocycles. The fraction of sp³-hybridized carbons (Fsp3) is 0.833. The van der Waals surface area contributed by atoms with Gasteiger partial charge in [-0.05, 0) is 13.3 Å². The third kappa shape index (κ3) is 7.89. The van der Waals surface area contributed by atoms with Crippen molar-refractivity contribution in [2.24, 2.45) is 0 Å². The fourth-order valence-electron chi connectivity index (χ4n) is 1.50. The topological polar surface area (TPSA) is 87.7 Å². The van der Waals surface area contributed by atoms with Crippen LogP contribution >= 0.6 is 0 Å². The molecule has 0 rings (SSSR count). The van der Waals surface area contributed by atoms with Crippen molar-refractivity contribution in [3.8, 4) is 0 Å². The third-order valence-corrected chi connectivity index (χ3v) is 2.58. The lowest BCUT2D eigenvalue weighted by Crippen LogP contribution is -2.48. The summed E-state index contributed by atoms with van der Waals surface area (Å²) in [7, 11) is 1.49. The predicted octanol–water partition coefficient (Wildman–Crippen LogP) is 1.35. The molecule has 2 atom stereocenters. The van der Waals surface area contributed by atoms with Crippen LogP contribution in [0.1, 0.15) is 39.5 Å². The Bertz CT molecular complexity index is 258. The van der Waals surface area contributed by atoms with E-state index in [1.54, 1.807) is 0 Å². The third-order valence-electron chi connectivity index (χ3n) is 2.58. The van der Waals surface area contributed by atoms with Gasteiger partial charge in [0.05, 0.1) is 0 Å². The lowest BCUT2D eigenvalue weighted by molar-refractivity contribution is -0.139. The van der Waals surface area contributed by atoms with Gasteiger partial charge in [0.25, 0.3) is 0 Å². The first-order valence-corrected chi connectivity index (χ1v) is 6.30. The Morgan fingerprint density at radius 2 is 1.94 bits per heavy atom. The van der Waals surface area contributed by atoms with Gasteiger partial charge in [-0.15, -0.1) is 0 Å². The highest BCUT2D eigenvalue weighted by Crippen LogP contribution is 1.99. The molecule has 18 heavy (non-hydrogen) atoms. The Morgan fingerprint density at radius 1 is 1.28 bits per heavy atom. The van der Waals surface area contributed by atoms with Gasteiger partial charge in [0, 0.05) is 26.2 Å². The second kappa shape index (κ2) is 9.70. The number of amides is 2. The van der Waals surface area contributed by atoms with E-state index in [1.165, 1.54) is 7.11 Å².